The van der Waals surface area contributed by atoms with Gasteiger partial charge in [-0.25, -0.2) is 4.79 Å². The quantitative estimate of drug-likeness (QED) is 0.929. The summed E-state index contributed by atoms with van der Waals surface area (Å²) in [6, 6.07) is 7.55. The number of carbonyl (C=O) groups is 1. The number of nitrogens with zero attached hydrogens (tertiary/aromatic N) is 3. The van der Waals surface area contributed by atoms with Crippen LogP contribution in [0.4, 0.5) is 10.5 Å². The second-order valence-corrected chi connectivity index (χ2v) is 6.94. The van der Waals surface area contributed by atoms with Gasteiger partial charge in [-0.05, 0) is 17.5 Å². The van der Waals surface area contributed by atoms with Gasteiger partial charge in [0.1, 0.15) is 6.04 Å². The number of para-hydroxylation sites is 1. The third-order valence-corrected chi connectivity index (χ3v) is 4.12. The Morgan fingerprint density at radius 3 is 2.75 bits per heavy atom. The zero-order chi connectivity index (χ0) is 17.3. The molecule has 1 atom stereocenters. The first kappa shape index (κ1) is 16.5. The van der Waals surface area contributed by atoms with E-state index >= 15 is 0 Å². The molecular formula is C18H24N4O2. The maximum absolute atomic E-state index is 12.8. The summed E-state index contributed by atoms with van der Waals surface area (Å²) in [6.45, 7) is 8.81. The molecule has 1 unspecified atom stereocenters. The summed E-state index contributed by atoms with van der Waals surface area (Å²) in [6.07, 6.45) is 0.686. The van der Waals surface area contributed by atoms with E-state index in [1.54, 1.807) is 4.90 Å². The topological polar surface area (TPSA) is 71.3 Å². The van der Waals surface area contributed by atoms with E-state index in [1.165, 1.54) is 0 Å². The Labute approximate surface area is 142 Å². The van der Waals surface area contributed by atoms with E-state index < -0.39 is 0 Å². The van der Waals surface area contributed by atoms with Crippen LogP contribution in [0.25, 0.3) is 0 Å². The summed E-state index contributed by atoms with van der Waals surface area (Å²) >= 11 is 0. The summed E-state index contributed by atoms with van der Waals surface area (Å²) in [7, 11) is 0. The number of anilines is 1. The molecule has 2 amide bonds. The van der Waals surface area contributed by atoms with Crippen LogP contribution in [-0.4, -0.2) is 22.7 Å². The minimum atomic E-state index is -0.255. The zero-order valence-corrected chi connectivity index (χ0v) is 14.6. The van der Waals surface area contributed by atoms with Crippen molar-refractivity contribution < 1.29 is 9.32 Å². The fraction of sp³-hybridized carbons (Fsp3) is 0.500. The van der Waals surface area contributed by atoms with Gasteiger partial charge >= 0.3 is 6.03 Å². The average molecular weight is 328 g/mol. The first-order chi connectivity index (χ1) is 11.5. The molecule has 6 nitrogen and oxygen atoms in total. The highest BCUT2D eigenvalue weighted by Gasteiger charge is 2.38. The van der Waals surface area contributed by atoms with Crippen molar-refractivity contribution in [2.24, 2.45) is 5.92 Å². The van der Waals surface area contributed by atoms with Crippen molar-refractivity contribution in [3.05, 3.63) is 41.5 Å². The summed E-state index contributed by atoms with van der Waals surface area (Å²) in [4.78, 5) is 19.0. The third kappa shape index (κ3) is 3.13. The normalized spacial score (nSPS) is 16.8. The molecule has 0 aliphatic carbocycles. The molecule has 24 heavy (non-hydrogen) atoms. The molecule has 0 saturated carbocycles. The summed E-state index contributed by atoms with van der Waals surface area (Å²) in [5.41, 5.74) is 2.03. The summed E-state index contributed by atoms with van der Waals surface area (Å²) < 4.78 is 5.46. The van der Waals surface area contributed by atoms with Crippen molar-refractivity contribution in [2.45, 2.75) is 46.1 Å². The number of aromatic nitrogens is 2. The van der Waals surface area contributed by atoms with Crippen LogP contribution in [0.2, 0.25) is 0 Å². The van der Waals surface area contributed by atoms with E-state index in [0.717, 1.165) is 11.3 Å². The Bertz CT molecular complexity index is 723. The van der Waals surface area contributed by atoms with Gasteiger partial charge < -0.3 is 9.84 Å². The summed E-state index contributed by atoms with van der Waals surface area (Å²) in [5.74, 6) is 1.74. The van der Waals surface area contributed by atoms with Gasteiger partial charge in [0, 0.05) is 24.6 Å². The zero-order valence-electron chi connectivity index (χ0n) is 14.6. The van der Waals surface area contributed by atoms with Gasteiger partial charge in [-0.3, -0.25) is 4.90 Å². The van der Waals surface area contributed by atoms with Crippen molar-refractivity contribution in [2.75, 3.05) is 11.4 Å². The second kappa shape index (κ2) is 6.63. The number of benzene rings is 1. The van der Waals surface area contributed by atoms with Crippen LogP contribution < -0.4 is 10.2 Å². The van der Waals surface area contributed by atoms with E-state index in [2.05, 4.69) is 29.3 Å². The van der Waals surface area contributed by atoms with Crippen LogP contribution in [0.15, 0.2) is 28.8 Å². The molecule has 3 rings (SSSR count). The molecule has 0 bridgehead atoms. The maximum atomic E-state index is 12.8. The molecule has 1 aromatic heterocycles. The van der Waals surface area contributed by atoms with Gasteiger partial charge in [-0.2, -0.15) is 4.98 Å². The van der Waals surface area contributed by atoms with Crippen LogP contribution in [0.1, 0.15) is 56.9 Å². The maximum Gasteiger partial charge on any atom is 0.322 e. The average Bonchev–Trinajstić information content (AvgIpc) is 3.16. The van der Waals surface area contributed by atoms with Crippen LogP contribution in [0.3, 0.4) is 0 Å². The number of carbonyl (C=O) groups excluding carboxylic acids is 1. The highest BCUT2D eigenvalue weighted by atomic mass is 16.5. The predicted octanol–water partition coefficient (Wildman–Crippen LogP) is 3.66. The molecule has 0 saturated heterocycles. The first-order valence-electron chi connectivity index (χ1n) is 8.45. The molecular weight excluding hydrogens is 304 g/mol. The summed E-state index contributed by atoms with van der Waals surface area (Å²) in [5, 5.41) is 7.04. The standard InChI is InChI=1S/C18H24N4O2/c1-11(2)10-19-18(23)22-14-8-6-5-7-13(14)9-15(22)17-20-16(12(3)4)21-24-17/h5-8,11-12,15H,9-10H2,1-4H3,(H,19,23). The molecule has 128 valence electrons. The Hall–Kier alpha value is -2.37. The Morgan fingerprint density at radius 1 is 1.33 bits per heavy atom. The van der Waals surface area contributed by atoms with Crippen molar-refractivity contribution in [3.63, 3.8) is 0 Å². The van der Waals surface area contributed by atoms with Gasteiger partial charge in [-0.15, -0.1) is 0 Å². The number of urea groups is 1. The molecule has 0 fully saturated rings. The molecule has 1 N–H and O–H groups in total. The smallest absolute Gasteiger partial charge is 0.322 e. The highest BCUT2D eigenvalue weighted by molar-refractivity contribution is 5.95. The lowest BCUT2D eigenvalue weighted by atomic mass is 10.1. The Balaban J connectivity index is 1.91. The van der Waals surface area contributed by atoms with Gasteiger partial charge in [0.05, 0.1) is 0 Å². The van der Waals surface area contributed by atoms with E-state index in [0.29, 0.717) is 30.6 Å². The van der Waals surface area contributed by atoms with E-state index in [4.69, 9.17) is 4.52 Å². The van der Waals surface area contributed by atoms with Gasteiger partial charge in [0.2, 0.25) is 5.89 Å². The monoisotopic (exact) mass is 328 g/mol. The van der Waals surface area contributed by atoms with Crippen molar-refractivity contribution in [1.82, 2.24) is 15.5 Å². The van der Waals surface area contributed by atoms with Crippen LogP contribution in [0, 0.1) is 5.92 Å². The molecule has 6 heteroatoms. The SMILES string of the molecule is CC(C)CNC(=O)N1c2ccccc2CC1c1nc(C(C)C)no1. The minimum absolute atomic E-state index is 0.122. The van der Waals surface area contributed by atoms with E-state index in [1.807, 2.05) is 38.1 Å². The number of fused-ring (bicyclic) bond motifs is 1. The number of nitrogens with one attached hydrogen (secondary N) is 1. The van der Waals surface area contributed by atoms with Gasteiger partial charge in [0.25, 0.3) is 0 Å². The number of hydrogen-bond donors (Lipinski definition) is 1. The van der Waals surface area contributed by atoms with Crippen molar-refractivity contribution >= 4 is 11.7 Å². The fourth-order valence-electron chi connectivity index (χ4n) is 2.83. The lowest BCUT2D eigenvalue weighted by Gasteiger charge is -2.24. The lowest BCUT2D eigenvalue weighted by molar-refractivity contribution is 0.241. The number of hydrogen-bond acceptors (Lipinski definition) is 4. The van der Waals surface area contributed by atoms with Gasteiger partial charge in [-0.1, -0.05) is 51.1 Å². The largest absolute Gasteiger partial charge is 0.337 e. The van der Waals surface area contributed by atoms with E-state index in [9.17, 15) is 4.79 Å². The number of rotatable bonds is 4. The Kier molecular flexibility index (Phi) is 4.55. The molecule has 1 aliphatic heterocycles. The van der Waals surface area contributed by atoms with Crippen molar-refractivity contribution in [1.29, 1.82) is 0 Å². The van der Waals surface area contributed by atoms with Crippen LogP contribution >= 0.6 is 0 Å². The first-order valence-corrected chi connectivity index (χ1v) is 8.45. The molecule has 1 aliphatic rings. The molecule has 0 radical (unpaired) electrons. The van der Waals surface area contributed by atoms with E-state index in [-0.39, 0.29) is 18.0 Å². The third-order valence-electron chi connectivity index (χ3n) is 4.12. The predicted molar refractivity (Wildman–Crippen MR) is 92.0 cm³/mol. The fourth-order valence-corrected chi connectivity index (χ4v) is 2.83. The second-order valence-electron chi connectivity index (χ2n) is 6.94. The Morgan fingerprint density at radius 2 is 2.08 bits per heavy atom. The highest BCUT2D eigenvalue weighted by Crippen LogP contribution is 2.39. The number of amides is 2. The molecule has 0 spiro atoms. The minimum Gasteiger partial charge on any atom is -0.337 e. The van der Waals surface area contributed by atoms with Crippen LogP contribution in [-0.2, 0) is 6.42 Å². The molecule has 2 aromatic rings. The lowest BCUT2D eigenvalue weighted by Crippen LogP contribution is -2.42. The van der Waals surface area contributed by atoms with Crippen LogP contribution in [0.5, 0.6) is 0 Å². The van der Waals surface area contributed by atoms with Gasteiger partial charge in [0.15, 0.2) is 5.82 Å². The van der Waals surface area contributed by atoms with Crippen molar-refractivity contribution in [3.8, 4) is 0 Å². The molecule has 2 heterocycles. The molecule has 1 aromatic carbocycles.